The highest BCUT2D eigenvalue weighted by molar-refractivity contribution is 7.92. The van der Waals surface area contributed by atoms with Crippen molar-refractivity contribution >= 4 is 21.4 Å². The molecule has 162 valence electrons. The van der Waals surface area contributed by atoms with E-state index in [1.165, 1.54) is 0 Å². The highest BCUT2D eigenvalue weighted by atomic mass is 32.2. The Morgan fingerprint density at radius 1 is 0.967 bits per heavy atom. The molecule has 8 heteroatoms. The Labute approximate surface area is 178 Å². The maximum atomic E-state index is 12.5. The second kappa shape index (κ2) is 9.78. The highest BCUT2D eigenvalue weighted by Gasteiger charge is 2.22. The van der Waals surface area contributed by atoms with Crippen LogP contribution in [-0.4, -0.2) is 60.0 Å². The van der Waals surface area contributed by atoms with Crippen LogP contribution in [0.3, 0.4) is 0 Å². The van der Waals surface area contributed by atoms with E-state index in [1.807, 2.05) is 24.3 Å². The van der Waals surface area contributed by atoms with Crippen LogP contribution in [0.1, 0.15) is 12.8 Å². The van der Waals surface area contributed by atoms with Gasteiger partial charge in [-0.1, -0.05) is 18.2 Å². The molecule has 7 nitrogen and oxygen atoms in total. The molecule has 0 bridgehead atoms. The van der Waals surface area contributed by atoms with E-state index in [9.17, 15) is 8.42 Å². The standard InChI is InChI=1S/C22H29N3O4S/c26-30(27,22-4-2-1-3-5-22)24-19-6-8-20(9-7-19)25-12-10-18(11-13-25)23-16-21-17-28-14-15-29-21/h1-9,18,21,23-24H,10-17H2/t21-/m1/s1. The molecule has 0 aromatic heterocycles. The first kappa shape index (κ1) is 21.1. The zero-order valence-corrected chi connectivity index (χ0v) is 17.8. The Bertz CT molecular complexity index is 892. The fourth-order valence-corrected chi connectivity index (χ4v) is 4.93. The summed E-state index contributed by atoms with van der Waals surface area (Å²) in [5.41, 5.74) is 1.67. The minimum atomic E-state index is -3.57. The second-order valence-corrected chi connectivity index (χ2v) is 9.39. The largest absolute Gasteiger partial charge is 0.376 e. The molecule has 30 heavy (non-hydrogen) atoms. The number of hydrogen-bond donors (Lipinski definition) is 2. The molecule has 0 amide bonds. The number of rotatable bonds is 7. The number of hydrogen-bond acceptors (Lipinski definition) is 6. The molecule has 2 fully saturated rings. The maximum absolute atomic E-state index is 12.5. The quantitative estimate of drug-likeness (QED) is 0.701. The van der Waals surface area contributed by atoms with Crippen LogP contribution in [0, 0.1) is 0 Å². The minimum Gasteiger partial charge on any atom is -0.376 e. The summed E-state index contributed by atoms with van der Waals surface area (Å²) in [6.07, 6.45) is 2.29. The van der Waals surface area contributed by atoms with Gasteiger partial charge in [0.1, 0.15) is 0 Å². The van der Waals surface area contributed by atoms with Crippen molar-refractivity contribution in [2.45, 2.75) is 29.9 Å². The SMILES string of the molecule is O=S(=O)(Nc1ccc(N2CCC(NC[C@@H]3COCCO3)CC2)cc1)c1ccccc1. The van der Waals surface area contributed by atoms with Gasteiger partial charge in [-0.2, -0.15) is 0 Å². The van der Waals surface area contributed by atoms with Crippen molar-refractivity contribution < 1.29 is 17.9 Å². The van der Waals surface area contributed by atoms with E-state index < -0.39 is 10.0 Å². The average Bonchev–Trinajstić information content (AvgIpc) is 2.80. The van der Waals surface area contributed by atoms with Crippen molar-refractivity contribution in [1.82, 2.24) is 5.32 Å². The number of piperidine rings is 1. The van der Waals surface area contributed by atoms with Gasteiger partial charge in [0.25, 0.3) is 10.0 Å². The molecule has 2 aromatic rings. The molecular weight excluding hydrogens is 402 g/mol. The summed E-state index contributed by atoms with van der Waals surface area (Å²) in [5, 5.41) is 3.61. The van der Waals surface area contributed by atoms with Crippen molar-refractivity contribution in [2.75, 3.05) is 49.1 Å². The Morgan fingerprint density at radius 3 is 2.37 bits per heavy atom. The van der Waals surface area contributed by atoms with Crippen LogP contribution in [0.4, 0.5) is 11.4 Å². The molecule has 0 saturated carbocycles. The summed E-state index contributed by atoms with van der Waals surface area (Å²) in [6.45, 7) is 4.82. The second-order valence-electron chi connectivity index (χ2n) is 7.70. The normalized spacial score (nSPS) is 20.8. The van der Waals surface area contributed by atoms with E-state index in [-0.39, 0.29) is 11.0 Å². The van der Waals surface area contributed by atoms with Crippen LogP contribution in [-0.2, 0) is 19.5 Å². The fraction of sp³-hybridized carbons (Fsp3) is 0.455. The Balaban J connectivity index is 1.26. The molecule has 1 atom stereocenters. The molecule has 2 aliphatic rings. The fourth-order valence-electron chi connectivity index (χ4n) is 3.85. The summed E-state index contributed by atoms with van der Waals surface area (Å²) in [6, 6.07) is 16.5. The third kappa shape index (κ3) is 5.51. The average molecular weight is 432 g/mol. The third-order valence-electron chi connectivity index (χ3n) is 5.55. The number of nitrogens with zero attached hydrogens (tertiary/aromatic N) is 1. The summed E-state index contributed by atoms with van der Waals surface area (Å²) < 4.78 is 38.7. The Hall–Kier alpha value is -2.13. The van der Waals surface area contributed by atoms with Crippen molar-refractivity contribution in [1.29, 1.82) is 0 Å². The van der Waals surface area contributed by atoms with Crippen LogP contribution in [0.2, 0.25) is 0 Å². The Morgan fingerprint density at radius 2 is 1.70 bits per heavy atom. The summed E-state index contributed by atoms with van der Waals surface area (Å²) in [4.78, 5) is 2.60. The first-order valence-corrected chi connectivity index (χ1v) is 11.9. The number of anilines is 2. The first-order valence-electron chi connectivity index (χ1n) is 10.5. The predicted molar refractivity (Wildman–Crippen MR) is 117 cm³/mol. The van der Waals surface area contributed by atoms with Gasteiger partial charge < -0.3 is 19.7 Å². The van der Waals surface area contributed by atoms with Crippen LogP contribution >= 0.6 is 0 Å². The van der Waals surface area contributed by atoms with E-state index in [0.29, 0.717) is 31.5 Å². The lowest BCUT2D eigenvalue weighted by molar-refractivity contribution is -0.0872. The molecular formula is C22H29N3O4S. The zero-order valence-electron chi connectivity index (χ0n) is 17.0. The lowest BCUT2D eigenvalue weighted by Crippen LogP contribution is -2.46. The molecule has 0 aliphatic carbocycles. The molecule has 0 spiro atoms. The van der Waals surface area contributed by atoms with Gasteiger partial charge in [0, 0.05) is 37.1 Å². The number of benzene rings is 2. The van der Waals surface area contributed by atoms with Gasteiger partial charge in [-0.25, -0.2) is 8.42 Å². The monoisotopic (exact) mass is 431 g/mol. The molecule has 4 rings (SSSR count). The van der Waals surface area contributed by atoms with Crippen molar-refractivity contribution in [3.63, 3.8) is 0 Å². The topological polar surface area (TPSA) is 79.9 Å². The van der Waals surface area contributed by atoms with Gasteiger partial charge in [0.2, 0.25) is 0 Å². The van der Waals surface area contributed by atoms with Gasteiger partial charge in [0.15, 0.2) is 0 Å². The zero-order chi connectivity index (χ0) is 20.8. The van der Waals surface area contributed by atoms with Crippen LogP contribution in [0.5, 0.6) is 0 Å². The van der Waals surface area contributed by atoms with Crippen molar-refractivity contribution in [3.05, 3.63) is 54.6 Å². The van der Waals surface area contributed by atoms with E-state index >= 15 is 0 Å². The third-order valence-corrected chi connectivity index (χ3v) is 6.95. The summed E-state index contributed by atoms with van der Waals surface area (Å²) in [7, 11) is -3.57. The highest BCUT2D eigenvalue weighted by Crippen LogP contribution is 2.23. The smallest absolute Gasteiger partial charge is 0.261 e. The predicted octanol–water partition coefficient (Wildman–Crippen LogP) is 2.46. The van der Waals surface area contributed by atoms with E-state index in [2.05, 4.69) is 14.9 Å². The van der Waals surface area contributed by atoms with Crippen molar-refractivity contribution in [2.24, 2.45) is 0 Å². The van der Waals surface area contributed by atoms with Gasteiger partial charge >= 0.3 is 0 Å². The molecule has 2 heterocycles. The van der Waals surface area contributed by atoms with E-state index in [4.69, 9.17) is 9.47 Å². The van der Waals surface area contributed by atoms with E-state index in [1.54, 1.807) is 30.3 Å². The lowest BCUT2D eigenvalue weighted by atomic mass is 10.0. The maximum Gasteiger partial charge on any atom is 0.261 e. The number of ether oxygens (including phenoxy) is 2. The van der Waals surface area contributed by atoms with Crippen molar-refractivity contribution in [3.8, 4) is 0 Å². The summed E-state index contributed by atoms with van der Waals surface area (Å²) in [5.74, 6) is 0. The lowest BCUT2D eigenvalue weighted by Gasteiger charge is -2.35. The molecule has 0 unspecified atom stereocenters. The first-order chi connectivity index (χ1) is 14.6. The van der Waals surface area contributed by atoms with Gasteiger partial charge in [0.05, 0.1) is 30.8 Å². The number of sulfonamides is 1. The van der Waals surface area contributed by atoms with Crippen LogP contribution < -0.4 is 14.9 Å². The van der Waals surface area contributed by atoms with Gasteiger partial charge in [-0.3, -0.25) is 4.72 Å². The van der Waals surface area contributed by atoms with E-state index in [0.717, 1.165) is 38.2 Å². The van der Waals surface area contributed by atoms with Crippen LogP contribution in [0.25, 0.3) is 0 Å². The van der Waals surface area contributed by atoms with Crippen LogP contribution in [0.15, 0.2) is 59.5 Å². The van der Waals surface area contributed by atoms with Gasteiger partial charge in [-0.05, 0) is 49.2 Å². The molecule has 2 aliphatic heterocycles. The van der Waals surface area contributed by atoms with Gasteiger partial charge in [-0.15, -0.1) is 0 Å². The molecule has 2 N–H and O–H groups in total. The minimum absolute atomic E-state index is 0.156. The molecule has 2 aromatic carbocycles. The summed E-state index contributed by atoms with van der Waals surface area (Å²) >= 11 is 0. The molecule has 0 radical (unpaired) electrons. The molecule has 2 saturated heterocycles. The Kier molecular flexibility index (Phi) is 6.89. The number of nitrogens with one attached hydrogen (secondary N) is 2.